The highest BCUT2D eigenvalue weighted by Crippen LogP contribution is 2.24. The van der Waals surface area contributed by atoms with Crippen molar-refractivity contribution in [2.45, 2.75) is 19.4 Å². The Labute approximate surface area is 101 Å². The van der Waals surface area contributed by atoms with E-state index in [0.29, 0.717) is 5.92 Å². The zero-order chi connectivity index (χ0) is 11.7. The van der Waals surface area contributed by atoms with Crippen LogP contribution in [0.2, 0.25) is 0 Å². The average Bonchev–Trinajstić information content (AvgIpc) is 2.82. The van der Waals surface area contributed by atoms with Crippen LogP contribution in [-0.2, 0) is 13.0 Å². The molecule has 0 aliphatic carbocycles. The first kappa shape index (κ1) is 10.5. The number of imidazole rings is 1. The largest absolute Gasteiger partial charge is 0.396 e. The highest BCUT2D eigenvalue weighted by molar-refractivity contribution is 5.58. The third-order valence-electron chi connectivity index (χ3n) is 3.44. The maximum Gasteiger partial charge on any atom is 0.109 e. The van der Waals surface area contributed by atoms with Crippen molar-refractivity contribution in [3.63, 3.8) is 0 Å². The Bertz CT molecular complexity index is 504. The molecule has 2 heterocycles. The van der Waals surface area contributed by atoms with Crippen molar-refractivity contribution in [1.29, 1.82) is 0 Å². The van der Waals surface area contributed by atoms with E-state index in [9.17, 15) is 5.11 Å². The zero-order valence-electron chi connectivity index (χ0n) is 9.71. The van der Waals surface area contributed by atoms with Crippen molar-refractivity contribution in [3.05, 3.63) is 42.4 Å². The van der Waals surface area contributed by atoms with Gasteiger partial charge in [0.1, 0.15) is 5.82 Å². The van der Waals surface area contributed by atoms with E-state index in [2.05, 4.69) is 27.9 Å². The van der Waals surface area contributed by atoms with E-state index >= 15 is 0 Å². The van der Waals surface area contributed by atoms with Gasteiger partial charge in [-0.2, -0.15) is 0 Å². The first-order valence-corrected chi connectivity index (χ1v) is 6.09. The van der Waals surface area contributed by atoms with Crippen molar-refractivity contribution in [2.75, 3.05) is 6.61 Å². The molecule has 3 rings (SSSR count). The van der Waals surface area contributed by atoms with Crippen molar-refractivity contribution >= 4 is 0 Å². The molecule has 17 heavy (non-hydrogen) atoms. The lowest BCUT2D eigenvalue weighted by Gasteiger charge is -2.20. The van der Waals surface area contributed by atoms with Gasteiger partial charge in [0, 0.05) is 31.3 Å². The third-order valence-corrected chi connectivity index (χ3v) is 3.44. The van der Waals surface area contributed by atoms with Crippen molar-refractivity contribution in [3.8, 4) is 11.3 Å². The van der Waals surface area contributed by atoms with Crippen LogP contribution in [0.1, 0.15) is 12.2 Å². The van der Waals surface area contributed by atoms with Gasteiger partial charge in [0.25, 0.3) is 0 Å². The molecule has 3 nitrogen and oxygen atoms in total. The number of rotatable bonds is 2. The van der Waals surface area contributed by atoms with Crippen LogP contribution in [0, 0.1) is 5.92 Å². The zero-order valence-corrected chi connectivity index (χ0v) is 9.71. The molecule has 3 heteroatoms. The van der Waals surface area contributed by atoms with Crippen LogP contribution in [-0.4, -0.2) is 21.3 Å². The van der Waals surface area contributed by atoms with E-state index in [0.717, 1.165) is 36.5 Å². The molecule has 0 saturated heterocycles. The van der Waals surface area contributed by atoms with Gasteiger partial charge in [-0.05, 0) is 12.3 Å². The lowest BCUT2D eigenvalue weighted by molar-refractivity contribution is 0.199. The van der Waals surface area contributed by atoms with Crippen molar-refractivity contribution < 1.29 is 5.11 Å². The van der Waals surface area contributed by atoms with Crippen LogP contribution in [0.5, 0.6) is 0 Å². The van der Waals surface area contributed by atoms with Gasteiger partial charge < -0.3 is 9.67 Å². The van der Waals surface area contributed by atoms with E-state index in [1.165, 1.54) is 0 Å². The minimum absolute atomic E-state index is 0.271. The first-order valence-electron chi connectivity index (χ1n) is 6.09. The summed E-state index contributed by atoms with van der Waals surface area (Å²) in [6.45, 7) is 1.24. The molecular weight excluding hydrogens is 212 g/mol. The summed E-state index contributed by atoms with van der Waals surface area (Å²) in [4.78, 5) is 4.67. The van der Waals surface area contributed by atoms with Crippen LogP contribution in [0.15, 0.2) is 36.5 Å². The van der Waals surface area contributed by atoms with Gasteiger partial charge in [-0.1, -0.05) is 30.3 Å². The van der Waals surface area contributed by atoms with Gasteiger partial charge in [-0.25, -0.2) is 4.98 Å². The summed E-state index contributed by atoms with van der Waals surface area (Å²) in [5, 5.41) is 9.20. The fourth-order valence-electron chi connectivity index (χ4n) is 2.40. The van der Waals surface area contributed by atoms with Crippen LogP contribution in [0.25, 0.3) is 11.3 Å². The molecule has 0 saturated carbocycles. The Morgan fingerprint density at radius 3 is 2.88 bits per heavy atom. The predicted molar refractivity (Wildman–Crippen MR) is 66.6 cm³/mol. The monoisotopic (exact) mass is 228 g/mol. The molecule has 1 aliphatic rings. The highest BCUT2D eigenvalue weighted by atomic mass is 16.3. The SMILES string of the molecule is OCC1CCn2cc(-c3ccccc3)nc2C1. The number of hydrogen-bond acceptors (Lipinski definition) is 2. The second-order valence-corrected chi connectivity index (χ2v) is 4.64. The lowest BCUT2D eigenvalue weighted by Crippen LogP contribution is -2.21. The minimum atomic E-state index is 0.271. The molecule has 2 aromatic rings. The molecule has 0 amide bonds. The molecule has 1 unspecified atom stereocenters. The number of aromatic nitrogens is 2. The van der Waals surface area contributed by atoms with E-state index in [-0.39, 0.29) is 6.61 Å². The van der Waals surface area contributed by atoms with Crippen LogP contribution < -0.4 is 0 Å². The number of aryl methyl sites for hydroxylation is 1. The maximum absolute atomic E-state index is 9.20. The average molecular weight is 228 g/mol. The lowest BCUT2D eigenvalue weighted by atomic mass is 9.99. The summed E-state index contributed by atoms with van der Waals surface area (Å²) >= 11 is 0. The normalized spacial score (nSPS) is 19.0. The Morgan fingerprint density at radius 2 is 2.12 bits per heavy atom. The number of hydrogen-bond donors (Lipinski definition) is 1. The molecule has 1 aromatic carbocycles. The van der Waals surface area contributed by atoms with Crippen molar-refractivity contribution in [2.24, 2.45) is 5.92 Å². The highest BCUT2D eigenvalue weighted by Gasteiger charge is 2.20. The van der Waals surface area contributed by atoms with Gasteiger partial charge in [0.05, 0.1) is 5.69 Å². The van der Waals surface area contributed by atoms with E-state index in [1.807, 2.05) is 18.2 Å². The summed E-state index contributed by atoms with van der Waals surface area (Å²) in [5.74, 6) is 1.49. The predicted octanol–water partition coefficient (Wildman–Crippen LogP) is 2.10. The molecule has 1 atom stereocenters. The number of nitrogens with zero attached hydrogens (tertiary/aromatic N) is 2. The van der Waals surface area contributed by atoms with E-state index in [4.69, 9.17) is 0 Å². The van der Waals surface area contributed by atoms with Crippen LogP contribution in [0.3, 0.4) is 0 Å². The van der Waals surface area contributed by atoms with Crippen LogP contribution >= 0.6 is 0 Å². The Morgan fingerprint density at radius 1 is 1.29 bits per heavy atom. The molecule has 0 spiro atoms. The number of aliphatic hydroxyl groups excluding tert-OH is 1. The maximum atomic E-state index is 9.20. The fourth-order valence-corrected chi connectivity index (χ4v) is 2.40. The minimum Gasteiger partial charge on any atom is -0.396 e. The summed E-state index contributed by atoms with van der Waals surface area (Å²) in [7, 11) is 0. The topological polar surface area (TPSA) is 38.0 Å². The molecule has 0 radical (unpaired) electrons. The third kappa shape index (κ3) is 1.98. The second kappa shape index (κ2) is 4.34. The number of fused-ring (bicyclic) bond motifs is 1. The first-order chi connectivity index (χ1) is 8.36. The van der Waals surface area contributed by atoms with Gasteiger partial charge >= 0.3 is 0 Å². The standard InChI is InChI=1S/C14H16N2O/c17-10-11-6-7-16-9-13(15-14(16)8-11)12-4-2-1-3-5-12/h1-5,9,11,17H,6-8,10H2. The number of aliphatic hydroxyl groups is 1. The molecular formula is C14H16N2O. The molecule has 88 valence electrons. The van der Waals surface area contributed by atoms with Gasteiger partial charge in [-0.3, -0.25) is 0 Å². The Hall–Kier alpha value is -1.61. The summed E-state index contributed by atoms with van der Waals surface area (Å²) in [6, 6.07) is 10.2. The quantitative estimate of drug-likeness (QED) is 0.854. The van der Waals surface area contributed by atoms with Crippen LogP contribution in [0.4, 0.5) is 0 Å². The molecule has 1 aliphatic heterocycles. The second-order valence-electron chi connectivity index (χ2n) is 4.64. The van der Waals surface area contributed by atoms with Gasteiger partial charge in [0.15, 0.2) is 0 Å². The summed E-state index contributed by atoms with van der Waals surface area (Å²) in [5.41, 5.74) is 2.20. The van der Waals surface area contributed by atoms with Crippen molar-refractivity contribution in [1.82, 2.24) is 9.55 Å². The number of benzene rings is 1. The molecule has 1 N–H and O–H groups in total. The van der Waals surface area contributed by atoms with E-state index in [1.54, 1.807) is 0 Å². The Kier molecular flexibility index (Phi) is 2.69. The Balaban J connectivity index is 1.93. The summed E-state index contributed by atoms with van der Waals surface area (Å²) < 4.78 is 2.22. The molecule has 0 bridgehead atoms. The fraction of sp³-hybridized carbons (Fsp3) is 0.357. The molecule has 0 fully saturated rings. The molecule has 1 aromatic heterocycles. The smallest absolute Gasteiger partial charge is 0.109 e. The summed E-state index contributed by atoms with van der Waals surface area (Å²) in [6.07, 6.45) is 4.07. The van der Waals surface area contributed by atoms with E-state index < -0.39 is 0 Å². The van der Waals surface area contributed by atoms with Gasteiger partial charge in [0.2, 0.25) is 0 Å². The van der Waals surface area contributed by atoms with Gasteiger partial charge in [-0.15, -0.1) is 0 Å².